The standard InChI is InChI=1S/C10H22N2O/c1-8(9(2)13)12-6-5-11-10(3,4)7-12/h8-9,11,13H,5-7H2,1-4H3. The third-order valence-electron chi connectivity index (χ3n) is 2.88. The van der Waals surface area contributed by atoms with Crippen molar-refractivity contribution < 1.29 is 5.11 Å². The normalized spacial score (nSPS) is 28.4. The Balaban J connectivity index is 2.51. The van der Waals surface area contributed by atoms with Crippen LogP contribution in [0.5, 0.6) is 0 Å². The molecule has 78 valence electrons. The lowest BCUT2D eigenvalue weighted by atomic mass is 10.00. The quantitative estimate of drug-likeness (QED) is 0.657. The Morgan fingerprint density at radius 2 is 2.00 bits per heavy atom. The molecule has 0 aromatic rings. The van der Waals surface area contributed by atoms with Gasteiger partial charge in [-0.1, -0.05) is 0 Å². The molecule has 1 aliphatic heterocycles. The van der Waals surface area contributed by atoms with Crippen molar-refractivity contribution in [1.82, 2.24) is 10.2 Å². The van der Waals surface area contributed by atoms with E-state index in [0.717, 1.165) is 19.6 Å². The molecule has 1 heterocycles. The fourth-order valence-electron chi connectivity index (χ4n) is 1.83. The van der Waals surface area contributed by atoms with Gasteiger partial charge in [0.15, 0.2) is 0 Å². The Bertz CT molecular complexity index is 168. The maximum absolute atomic E-state index is 9.48. The summed E-state index contributed by atoms with van der Waals surface area (Å²) in [5, 5.41) is 12.9. The average Bonchev–Trinajstić information content (AvgIpc) is 2.01. The Kier molecular flexibility index (Phi) is 3.33. The zero-order valence-corrected chi connectivity index (χ0v) is 9.17. The summed E-state index contributed by atoms with van der Waals surface area (Å²) in [7, 11) is 0. The van der Waals surface area contributed by atoms with Crippen molar-refractivity contribution in [1.29, 1.82) is 0 Å². The van der Waals surface area contributed by atoms with E-state index in [2.05, 4.69) is 31.0 Å². The molecule has 1 fully saturated rings. The minimum Gasteiger partial charge on any atom is -0.392 e. The molecule has 0 spiro atoms. The van der Waals surface area contributed by atoms with Crippen molar-refractivity contribution in [2.24, 2.45) is 0 Å². The van der Waals surface area contributed by atoms with Crippen molar-refractivity contribution in [2.75, 3.05) is 19.6 Å². The molecule has 1 aliphatic rings. The Labute approximate surface area is 81.1 Å². The first-order chi connectivity index (χ1) is 5.92. The Hall–Kier alpha value is -0.120. The summed E-state index contributed by atoms with van der Waals surface area (Å²) < 4.78 is 0. The predicted molar refractivity (Wildman–Crippen MR) is 54.8 cm³/mol. The van der Waals surface area contributed by atoms with Crippen LogP contribution in [0.1, 0.15) is 27.7 Å². The second-order valence-electron chi connectivity index (χ2n) is 4.76. The van der Waals surface area contributed by atoms with E-state index < -0.39 is 0 Å². The Morgan fingerprint density at radius 1 is 1.38 bits per heavy atom. The molecule has 0 aromatic heterocycles. The highest BCUT2D eigenvalue weighted by atomic mass is 16.3. The molecule has 0 aromatic carbocycles. The zero-order valence-electron chi connectivity index (χ0n) is 9.17. The van der Waals surface area contributed by atoms with Gasteiger partial charge in [-0.2, -0.15) is 0 Å². The van der Waals surface area contributed by atoms with Gasteiger partial charge in [-0.25, -0.2) is 0 Å². The third-order valence-corrected chi connectivity index (χ3v) is 2.88. The fourth-order valence-corrected chi connectivity index (χ4v) is 1.83. The first-order valence-corrected chi connectivity index (χ1v) is 5.09. The topological polar surface area (TPSA) is 35.5 Å². The number of hydrogen-bond donors (Lipinski definition) is 2. The van der Waals surface area contributed by atoms with Gasteiger partial charge < -0.3 is 10.4 Å². The number of aliphatic hydroxyl groups is 1. The molecule has 1 rings (SSSR count). The molecule has 1 saturated heterocycles. The SMILES string of the molecule is CC(O)C(C)N1CCNC(C)(C)C1. The number of rotatable bonds is 2. The number of hydrogen-bond acceptors (Lipinski definition) is 3. The summed E-state index contributed by atoms with van der Waals surface area (Å²) in [6.07, 6.45) is -0.242. The van der Waals surface area contributed by atoms with E-state index in [9.17, 15) is 5.11 Å². The highest BCUT2D eigenvalue weighted by molar-refractivity contribution is 4.89. The lowest BCUT2D eigenvalue weighted by molar-refractivity contribution is 0.0383. The first-order valence-electron chi connectivity index (χ1n) is 5.09. The van der Waals surface area contributed by atoms with Gasteiger partial charge in [0.1, 0.15) is 0 Å². The van der Waals surface area contributed by atoms with Crippen LogP contribution in [0.3, 0.4) is 0 Å². The van der Waals surface area contributed by atoms with Gasteiger partial charge in [-0.15, -0.1) is 0 Å². The van der Waals surface area contributed by atoms with E-state index in [1.165, 1.54) is 0 Å². The molecule has 0 aliphatic carbocycles. The minimum atomic E-state index is -0.242. The van der Waals surface area contributed by atoms with Gasteiger partial charge >= 0.3 is 0 Å². The van der Waals surface area contributed by atoms with Gasteiger partial charge in [0.2, 0.25) is 0 Å². The van der Waals surface area contributed by atoms with E-state index in [1.54, 1.807) is 0 Å². The summed E-state index contributed by atoms with van der Waals surface area (Å²) >= 11 is 0. The first kappa shape index (κ1) is 11.0. The summed E-state index contributed by atoms with van der Waals surface area (Å²) in [4.78, 5) is 2.35. The highest BCUT2D eigenvalue weighted by Crippen LogP contribution is 2.14. The van der Waals surface area contributed by atoms with Gasteiger partial charge in [-0.3, -0.25) is 4.90 Å². The largest absolute Gasteiger partial charge is 0.392 e. The summed E-state index contributed by atoms with van der Waals surface area (Å²) in [5.41, 5.74) is 0.182. The molecule has 2 N–H and O–H groups in total. The predicted octanol–water partition coefficient (Wildman–Crippen LogP) is 0.439. The van der Waals surface area contributed by atoms with Gasteiger partial charge in [0.25, 0.3) is 0 Å². The molecule has 2 unspecified atom stereocenters. The second-order valence-corrected chi connectivity index (χ2v) is 4.76. The second kappa shape index (κ2) is 3.95. The molecule has 0 amide bonds. The molecular formula is C10H22N2O. The molecular weight excluding hydrogens is 164 g/mol. The number of nitrogens with zero attached hydrogens (tertiary/aromatic N) is 1. The summed E-state index contributed by atoms with van der Waals surface area (Å²) in [6.45, 7) is 11.4. The maximum Gasteiger partial charge on any atom is 0.0664 e. The van der Waals surface area contributed by atoms with Crippen LogP contribution in [0.15, 0.2) is 0 Å². The van der Waals surface area contributed by atoms with Crippen LogP contribution in [0.4, 0.5) is 0 Å². The summed E-state index contributed by atoms with van der Waals surface area (Å²) in [5.74, 6) is 0. The number of aliphatic hydroxyl groups excluding tert-OH is 1. The van der Waals surface area contributed by atoms with Crippen molar-refractivity contribution in [3.05, 3.63) is 0 Å². The van der Waals surface area contributed by atoms with E-state index in [1.807, 2.05) is 6.92 Å². The monoisotopic (exact) mass is 186 g/mol. The van der Waals surface area contributed by atoms with E-state index >= 15 is 0 Å². The van der Waals surface area contributed by atoms with Gasteiger partial charge in [0.05, 0.1) is 6.10 Å². The van der Waals surface area contributed by atoms with Crippen molar-refractivity contribution in [3.63, 3.8) is 0 Å². The van der Waals surface area contributed by atoms with Gasteiger partial charge in [-0.05, 0) is 27.7 Å². The van der Waals surface area contributed by atoms with E-state index in [0.29, 0.717) is 0 Å². The number of piperazine rings is 1. The van der Waals surface area contributed by atoms with E-state index in [-0.39, 0.29) is 17.7 Å². The summed E-state index contributed by atoms with van der Waals surface area (Å²) in [6, 6.07) is 0.265. The van der Waals surface area contributed by atoms with Crippen molar-refractivity contribution >= 4 is 0 Å². The molecule has 0 bridgehead atoms. The lowest BCUT2D eigenvalue weighted by Gasteiger charge is -2.42. The fraction of sp³-hybridized carbons (Fsp3) is 1.00. The van der Waals surface area contributed by atoms with Crippen LogP contribution in [-0.4, -0.2) is 47.3 Å². The highest BCUT2D eigenvalue weighted by Gasteiger charge is 2.29. The molecule has 3 heteroatoms. The number of nitrogens with one attached hydrogen (secondary N) is 1. The molecule has 0 radical (unpaired) electrons. The van der Waals surface area contributed by atoms with Crippen LogP contribution >= 0.6 is 0 Å². The Morgan fingerprint density at radius 3 is 2.46 bits per heavy atom. The van der Waals surface area contributed by atoms with Crippen molar-refractivity contribution in [2.45, 2.75) is 45.4 Å². The lowest BCUT2D eigenvalue weighted by Crippen LogP contribution is -2.60. The average molecular weight is 186 g/mol. The smallest absolute Gasteiger partial charge is 0.0664 e. The van der Waals surface area contributed by atoms with Crippen LogP contribution in [0.2, 0.25) is 0 Å². The third kappa shape index (κ3) is 2.93. The van der Waals surface area contributed by atoms with Crippen LogP contribution < -0.4 is 5.32 Å². The van der Waals surface area contributed by atoms with E-state index in [4.69, 9.17) is 0 Å². The minimum absolute atomic E-state index is 0.182. The van der Waals surface area contributed by atoms with Crippen LogP contribution in [-0.2, 0) is 0 Å². The van der Waals surface area contributed by atoms with Crippen molar-refractivity contribution in [3.8, 4) is 0 Å². The van der Waals surface area contributed by atoms with Crippen LogP contribution in [0.25, 0.3) is 0 Å². The molecule has 13 heavy (non-hydrogen) atoms. The molecule has 2 atom stereocenters. The van der Waals surface area contributed by atoms with Crippen LogP contribution in [0, 0.1) is 0 Å². The maximum atomic E-state index is 9.48. The molecule has 3 nitrogen and oxygen atoms in total. The van der Waals surface area contributed by atoms with Gasteiger partial charge in [0, 0.05) is 31.2 Å². The molecule has 0 saturated carbocycles. The zero-order chi connectivity index (χ0) is 10.1.